The minimum atomic E-state index is -0.252. The average Bonchev–Trinajstić information content (AvgIpc) is 2.51. The average molecular weight is 307 g/mol. The van der Waals surface area contributed by atoms with E-state index in [-0.39, 0.29) is 30.6 Å². The first-order valence-corrected chi connectivity index (χ1v) is 7.61. The van der Waals surface area contributed by atoms with Crippen LogP contribution in [0.2, 0.25) is 0 Å². The topological polar surface area (TPSA) is 87.8 Å². The number of nitrogen functional groups attached to an aromatic ring is 1. The Labute approximate surface area is 131 Å². The van der Waals surface area contributed by atoms with E-state index in [0.29, 0.717) is 30.1 Å². The van der Waals surface area contributed by atoms with Gasteiger partial charge in [0.2, 0.25) is 0 Å². The van der Waals surface area contributed by atoms with Gasteiger partial charge in [-0.15, -0.1) is 0 Å². The Hall–Kier alpha value is -1.79. The smallest absolute Gasteiger partial charge is 0.258 e. The second-order valence-corrected chi connectivity index (χ2v) is 5.90. The molecule has 1 aliphatic rings. The van der Waals surface area contributed by atoms with Crippen molar-refractivity contribution >= 4 is 11.6 Å². The third kappa shape index (κ3) is 3.18. The van der Waals surface area contributed by atoms with Crippen LogP contribution in [-0.4, -0.2) is 54.8 Å². The predicted octanol–water partition coefficient (Wildman–Crippen LogP) is 0.708. The Kier molecular flexibility index (Phi) is 5.26. The second kappa shape index (κ2) is 6.98. The highest BCUT2D eigenvalue weighted by atomic mass is 16.5. The summed E-state index contributed by atoms with van der Waals surface area (Å²) >= 11 is 0. The van der Waals surface area contributed by atoms with Crippen molar-refractivity contribution in [2.24, 2.45) is 5.92 Å². The van der Waals surface area contributed by atoms with E-state index in [0.717, 1.165) is 0 Å². The molecule has 3 atom stereocenters. The number of hydrogen-bond acceptors (Lipinski definition) is 5. The number of carbonyl (C=O) groups excluding carboxylic acids is 1. The number of hydrogen-bond donors (Lipinski definition) is 3. The number of benzene rings is 1. The lowest BCUT2D eigenvalue weighted by atomic mass is 9.99. The van der Waals surface area contributed by atoms with E-state index in [1.165, 1.54) is 0 Å². The zero-order valence-electron chi connectivity index (χ0n) is 13.4. The summed E-state index contributed by atoms with van der Waals surface area (Å²) in [6.07, 6.45) is -0.102. The fourth-order valence-electron chi connectivity index (χ4n) is 2.71. The number of rotatable bonds is 4. The summed E-state index contributed by atoms with van der Waals surface area (Å²) in [5, 5.41) is 12.6. The number of nitrogens with zero attached hydrogens (tertiary/aromatic N) is 1. The highest BCUT2D eigenvalue weighted by molar-refractivity contribution is 5.99. The van der Waals surface area contributed by atoms with Crippen molar-refractivity contribution in [3.05, 3.63) is 23.8 Å². The molecule has 122 valence electrons. The number of para-hydroxylation sites is 1. The number of nitrogens with one attached hydrogen (secondary N) is 1. The molecule has 0 aliphatic carbocycles. The van der Waals surface area contributed by atoms with Gasteiger partial charge < -0.3 is 25.8 Å². The zero-order valence-corrected chi connectivity index (χ0v) is 13.4. The number of aliphatic hydroxyl groups excluding tert-OH is 1. The summed E-state index contributed by atoms with van der Waals surface area (Å²) in [4.78, 5) is 14.5. The number of anilines is 1. The van der Waals surface area contributed by atoms with E-state index < -0.39 is 0 Å². The number of carbonyl (C=O) groups is 1. The number of ether oxygens (including phenoxy) is 1. The number of likely N-dealkylation sites (N-methyl/N-ethyl adjacent to an activating group) is 1. The van der Waals surface area contributed by atoms with Gasteiger partial charge in [0.05, 0.1) is 23.9 Å². The number of aliphatic hydroxyl groups is 1. The molecule has 1 amide bonds. The first kappa shape index (κ1) is 16.6. The van der Waals surface area contributed by atoms with Crippen molar-refractivity contribution in [2.75, 3.05) is 32.5 Å². The lowest BCUT2D eigenvalue weighted by Gasteiger charge is -2.37. The van der Waals surface area contributed by atoms with E-state index in [9.17, 15) is 9.90 Å². The van der Waals surface area contributed by atoms with Crippen LogP contribution in [0.5, 0.6) is 5.75 Å². The first-order chi connectivity index (χ1) is 10.5. The minimum absolute atomic E-state index is 0.0757. The summed E-state index contributed by atoms with van der Waals surface area (Å²) in [5.74, 6) is 0.395. The Morgan fingerprint density at radius 1 is 1.55 bits per heavy atom. The molecule has 4 N–H and O–H groups in total. The van der Waals surface area contributed by atoms with Gasteiger partial charge in [-0.25, -0.2) is 0 Å². The Morgan fingerprint density at radius 3 is 2.91 bits per heavy atom. The number of nitrogens with two attached hydrogens (primary N) is 1. The maximum absolute atomic E-state index is 12.8. The maximum atomic E-state index is 12.8. The molecule has 2 rings (SSSR count). The lowest BCUT2D eigenvalue weighted by molar-refractivity contribution is 0.0417. The van der Waals surface area contributed by atoms with Gasteiger partial charge in [-0.2, -0.15) is 0 Å². The molecule has 0 unspecified atom stereocenters. The van der Waals surface area contributed by atoms with Gasteiger partial charge in [0.1, 0.15) is 6.10 Å². The van der Waals surface area contributed by atoms with E-state index in [1.807, 2.05) is 20.9 Å². The Balaban J connectivity index is 2.48. The van der Waals surface area contributed by atoms with Crippen molar-refractivity contribution in [3.8, 4) is 5.75 Å². The van der Waals surface area contributed by atoms with Crippen LogP contribution in [0.15, 0.2) is 18.2 Å². The minimum Gasteiger partial charge on any atom is -0.486 e. The van der Waals surface area contributed by atoms with Crippen LogP contribution in [0.3, 0.4) is 0 Å². The van der Waals surface area contributed by atoms with Gasteiger partial charge in [0.25, 0.3) is 5.91 Å². The molecule has 0 saturated carbocycles. The summed E-state index contributed by atoms with van der Waals surface area (Å²) < 4.78 is 6.06. The quantitative estimate of drug-likeness (QED) is 0.713. The van der Waals surface area contributed by atoms with Gasteiger partial charge in [-0.3, -0.25) is 4.79 Å². The summed E-state index contributed by atoms with van der Waals surface area (Å²) in [6.45, 7) is 4.99. The fraction of sp³-hybridized carbons (Fsp3) is 0.562. The number of amides is 1. The van der Waals surface area contributed by atoms with Gasteiger partial charge in [-0.05, 0) is 26.1 Å². The van der Waals surface area contributed by atoms with Gasteiger partial charge >= 0.3 is 0 Å². The molecule has 0 radical (unpaired) electrons. The first-order valence-electron chi connectivity index (χ1n) is 7.61. The molecule has 0 aromatic heterocycles. The Morgan fingerprint density at radius 2 is 2.27 bits per heavy atom. The molecule has 1 aromatic carbocycles. The van der Waals surface area contributed by atoms with E-state index in [1.54, 1.807) is 23.1 Å². The van der Waals surface area contributed by atoms with Crippen LogP contribution in [0.4, 0.5) is 5.69 Å². The van der Waals surface area contributed by atoms with Crippen molar-refractivity contribution in [1.82, 2.24) is 10.2 Å². The molecule has 0 bridgehead atoms. The summed E-state index contributed by atoms with van der Waals surface area (Å²) in [7, 11) is 1.86. The highest BCUT2D eigenvalue weighted by Crippen LogP contribution is 2.32. The van der Waals surface area contributed by atoms with Crippen LogP contribution >= 0.6 is 0 Å². The van der Waals surface area contributed by atoms with Crippen LogP contribution in [0.1, 0.15) is 24.2 Å². The van der Waals surface area contributed by atoms with Gasteiger partial charge in [0, 0.05) is 19.0 Å². The third-order valence-electron chi connectivity index (χ3n) is 4.13. The second-order valence-electron chi connectivity index (χ2n) is 5.90. The standard InChI is InChI=1S/C16H25N3O3/c1-10-8-19(11(2)9-20)16(21)12-5-4-6-13(17)15(12)22-14(10)7-18-3/h4-6,10-11,14,18,20H,7-9,17H2,1-3H3/t10-,11+,14-/m0/s1. The normalized spacial score (nSPS) is 23.3. The van der Waals surface area contributed by atoms with Crippen molar-refractivity contribution in [3.63, 3.8) is 0 Å². The SMILES string of the molecule is CNC[C@@H]1Oc2c(N)cccc2C(=O)N([C@H](C)CO)C[C@@H]1C. The van der Waals surface area contributed by atoms with Gasteiger partial charge in [-0.1, -0.05) is 13.0 Å². The van der Waals surface area contributed by atoms with E-state index >= 15 is 0 Å². The largest absolute Gasteiger partial charge is 0.486 e. The molecule has 22 heavy (non-hydrogen) atoms. The zero-order chi connectivity index (χ0) is 16.3. The molecular weight excluding hydrogens is 282 g/mol. The molecular formula is C16H25N3O3. The van der Waals surface area contributed by atoms with E-state index in [2.05, 4.69) is 5.32 Å². The lowest BCUT2D eigenvalue weighted by Crippen LogP contribution is -2.49. The van der Waals surface area contributed by atoms with Crippen LogP contribution in [0, 0.1) is 5.92 Å². The summed E-state index contributed by atoms with van der Waals surface area (Å²) in [5.41, 5.74) is 6.92. The van der Waals surface area contributed by atoms with Crippen LogP contribution < -0.4 is 15.8 Å². The molecule has 1 heterocycles. The van der Waals surface area contributed by atoms with E-state index in [4.69, 9.17) is 10.5 Å². The molecule has 0 spiro atoms. The molecule has 6 nitrogen and oxygen atoms in total. The van der Waals surface area contributed by atoms with Crippen molar-refractivity contribution in [1.29, 1.82) is 0 Å². The maximum Gasteiger partial charge on any atom is 0.258 e. The van der Waals surface area contributed by atoms with Crippen LogP contribution in [0.25, 0.3) is 0 Å². The molecule has 1 aliphatic heterocycles. The van der Waals surface area contributed by atoms with Crippen LogP contribution in [-0.2, 0) is 0 Å². The molecule has 0 saturated heterocycles. The molecule has 1 aromatic rings. The van der Waals surface area contributed by atoms with Crippen molar-refractivity contribution in [2.45, 2.75) is 26.0 Å². The molecule has 0 fully saturated rings. The fourth-order valence-corrected chi connectivity index (χ4v) is 2.71. The number of fused-ring (bicyclic) bond motifs is 1. The summed E-state index contributed by atoms with van der Waals surface area (Å²) in [6, 6.07) is 4.94. The predicted molar refractivity (Wildman–Crippen MR) is 85.9 cm³/mol. The Bertz CT molecular complexity index is 535. The molecule has 6 heteroatoms. The highest BCUT2D eigenvalue weighted by Gasteiger charge is 2.33. The monoisotopic (exact) mass is 307 g/mol. The third-order valence-corrected chi connectivity index (χ3v) is 4.13. The van der Waals surface area contributed by atoms with Crippen molar-refractivity contribution < 1.29 is 14.6 Å². The van der Waals surface area contributed by atoms with Gasteiger partial charge in [0.15, 0.2) is 5.75 Å².